The second kappa shape index (κ2) is 8.74. The van der Waals surface area contributed by atoms with Crippen molar-refractivity contribution in [3.05, 3.63) is 28.8 Å². The zero-order chi connectivity index (χ0) is 14.1. The van der Waals surface area contributed by atoms with Crippen LogP contribution in [0.1, 0.15) is 12.0 Å². The maximum Gasteiger partial charge on any atom is 0.243 e. The fraction of sp³-hybridized carbons (Fsp3) is 0.462. The average molecular weight is 288 g/mol. The monoisotopic (exact) mass is 287 g/mol. The molecule has 0 aliphatic rings. The molecule has 0 fully saturated rings. The van der Waals surface area contributed by atoms with E-state index in [4.69, 9.17) is 25.9 Å². The number of benzene rings is 1. The Hall–Kier alpha value is -1.30. The fourth-order valence-corrected chi connectivity index (χ4v) is 1.71. The van der Waals surface area contributed by atoms with Crippen LogP contribution in [-0.2, 0) is 20.8 Å². The second-order valence-corrected chi connectivity index (χ2v) is 4.24. The van der Waals surface area contributed by atoms with Crippen LogP contribution in [0.2, 0.25) is 5.02 Å². The van der Waals surface area contributed by atoms with Crippen molar-refractivity contribution in [3.8, 4) is 5.75 Å². The van der Waals surface area contributed by atoms with E-state index in [1.807, 2.05) is 6.07 Å². The van der Waals surface area contributed by atoms with Crippen molar-refractivity contribution in [2.24, 2.45) is 0 Å². The first-order valence-electron chi connectivity index (χ1n) is 5.89. The fourth-order valence-electron chi connectivity index (χ4n) is 1.43. The first kappa shape index (κ1) is 15.8. The number of hydrogen-bond donors (Lipinski definition) is 1. The van der Waals surface area contributed by atoms with Gasteiger partial charge in [-0.3, -0.25) is 9.63 Å². The van der Waals surface area contributed by atoms with Gasteiger partial charge in [-0.15, -0.1) is 0 Å². The van der Waals surface area contributed by atoms with Crippen LogP contribution < -0.4 is 10.2 Å². The average Bonchev–Trinajstić information content (AvgIpc) is 2.41. The molecule has 0 saturated carbocycles. The summed E-state index contributed by atoms with van der Waals surface area (Å²) in [5.41, 5.74) is 3.32. The first-order valence-corrected chi connectivity index (χ1v) is 6.27. The minimum atomic E-state index is -0.178. The predicted molar refractivity (Wildman–Crippen MR) is 72.3 cm³/mol. The molecule has 0 unspecified atom stereocenters. The van der Waals surface area contributed by atoms with E-state index >= 15 is 0 Å². The van der Waals surface area contributed by atoms with Gasteiger partial charge in [-0.2, -0.15) is 0 Å². The Bertz CT molecular complexity index is 412. The highest BCUT2D eigenvalue weighted by Gasteiger charge is 2.05. The Morgan fingerprint density at radius 2 is 2.11 bits per heavy atom. The van der Waals surface area contributed by atoms with E-state index in [2.05, 4.69) is 5.48 Å². The molecule has 0 aliphatic heterocycles. The van der Waals surface area contributed by atoms with Crippen molar-refractivity contribution in [2.45, 2.75) is 12.8 Å². The van der Waals surface area contributed by atoms with Gasteiger partial charge in [0.05, 0.1) is 25.3 Å². The first-order chi connectivity index (χ1) is 9.17. The summed E-state index contributed by atoms with van der Waals surface area (Å²) in [5, 5.41) is 0.539. The number of nitrogens with one attached hydrogen (secondary N) is 1. The SMILES string of the molecule is COCCONC(=O)CCc1ccc(OC)c(Cl)c1. The Morgan fingerprint density at radius 1 is 1.32 bits per heavy atom. The molecule has 1 aromatic carbocycles. The van der Waals surface area contributed by atoms with Gasteiger partial charge in [0.15, 0.2) is 0 Å². The largest absolute Gasteiger partial charge is 0.495 e. The van der Waals surface area contributed by atoms with E-state index in [1.54, 1.807) is 26.4 Å². The highest BCUT2D eigenvalue weighted by Crippen LogP contribution is 2.25. The maximum atomic E-state index is 11.5. The Labute approximate surface area is 117 Å². The number of aryl methyl sites for hydroxylation is 1. The van der Waals surface area contributed by atoms with Gasteiger partial charge in [-0.1, -0.05) is 17.7 Å². The number of halogens is 1. The molecule has 0 saturated heterocycles. The minimum absolute atomic E-state index is 0.178. The zero-order valence-corrected chi connectivity index (χ0v) is 11.8. The molecule has 0 spiro atoms. The lowest BCUT2D eigenvalue weighted by atomic mass is 10.1. The number of hydroxylamine groups is 1. The third-order valence-electron chi connectivity index (χ3n) is 2.43. The lowest BCUT2D eigenvalue weighted by Crippen LogP contribution is -2.25. The van der Waals surface area contributed by atoms with Crippen molar-refractivity contribution in [1.29, 1.82) is 0 Å². The summed E-state index contributed by atoms with van der Waals surface area (Å²) < 4.78 is 9.84. The van der Waals surface area contributed by atoms with Crippen molar-refractivity contribution >= 4 is 17.5 Å². The lowest BCUT2D eigenvalue weighted by Gasteiger charge is -2.07. The van der Waals surface area contributed by atoms with Crippen LogP contribution in [0.5, 0.6) is 5.75 Å². The van der Waals surface area contributed by atoms with Gasteiger partial charge >= 0.3 is 0 Å². The summed E-state index contributed by atoms with van der Waals surface area (Å²) in [7, 11) is 3.13. The number of amides is 1. The summed E-state index contributed by atoms with van der Waals surface area (Å²) in [5.74, 6) is 0.445. The molecule has 6 heteroatoms. The van der Waals surface area contributed by atoms with Crippen LogP contribution in [0.3, 0.4) is 0 Å². The maximum absolute atomic E-state index is 11.5. The topological polar surface area (TPSA) is 56.8 Å². The Balaban J connectivity index is 2.32. The molecule has 106 valence electrons. The van der Waals surface area contributed by atoms with Crippen LogP contribution in [0, 0.1) is 0 Å². The number of carbonyl (C=O) groups is 1. The van der Waals surface area contributed by atoms with Crippen molar-refractivity contribution in [3.63, 3.8) is 0 Å². The quantitative estimate of drug-likeness (QED) is 0.587. The van der Waals surface area contributed by atoms with Crippen LogP contribution >= 0.6 is 11.6 Å². The number of methoxy groups -OCH3 is 2. The number of rotatable bonds is 8. The van der Waals surface area contributed by atoms with Crippen molar-refractivity contribution in [2.75, 3.05) is 27.4 Å². The summed E-state index contributed by atoms with van der Waals surface area (Å²) in [4.78, 5) is 16.4. The van der Waals surface area contributed by atoms with Crippen molar-refractivity contribution < 1.29 is 19.1 Å². The highest BCUT2D eigenvalue weighted by atomic mass is 35.5. The summed E-state index contributed by atoms with van der Waals surface area (Å²) in [6.07, 6.45) is 0.916. The molecule has 19 heavy (non-hydrogen) atoms. The molecular weight excluding hydrogens is 270 g/mol. The van der Waals surface area contributed by atoms with Crippen LogP contribution in [0.25, 0.3) is 0 Å². The van der Waals surface area contributed by atoms with E-state index in [1.165, 1.54) is 0 Å². The number of hydrogen-bond acceptors (Lipinski definition) is 4. The molecule has 1 rings (SSSR count). The van der Waals surface area contributed by atoms with Gasteiger partial charge in [0, 0.05) is 13.5 Å². The van der Waals surface area contributed by atoms with Gasteiger partial charge < -0.3 is 9.47 Å². The molecule has 0 aromatic heterocycles. The Kier molecular flexibility index (Phi) is 7.25. The van der Waals surface area contributed by atoms with Crippen LogP contribution in [-0.4, -0.2) is 33.3 Å². The van der Waals surface area contributed by atoms with Crippen LogP contribution in [0.4, 0.5) is 0 Å². The third kappa shape index (κ3) is 5.92. The molecule has 0 heterocycles. The normalized spacial score (nSPS) is 10.3. The molecule has 5 nitrogen and oxygen atoms in total. The minimum Gasteiger partial charge on any atom is -0.495 e. The van der Waals surface area contributed by atoms with E-state index in [0.717, 1.165) is 5.56 Å². The smallest absolute Gasteiger partial charge is 0.243 e. The predicted octanol–water partition coefficient (Wildman–Crippen LogP) is 1.98. The standard InChI is InChI=1S/C13H18ClNO4/c1-17-7-8-19-15-13(16)6-4-10-3-5-12(18-2)11(14)9-10/h3,5,9H,4,6-8H2,1-2H3,(H,15,16). The third-order valence-corrected chi connectivity index (χ3v) is 2.73. The summed E-state index contributed by atoms with van der Waals surface area (Å²) in [6.45, 7) is 0.769. The van der Waals surface area contributed by atoms with Gasteiger partial charge in [0.25, 0.3) is 0 Å². The second-order valence-electron chi connectivity index (χ2n) is 3.84. The molecule has 0 bridgehead atoms. The van der Waals surface area contributed by atoms with Gasteiger partial charge in [-0.05, 0) is 24.1 Å². The molecule has 0 atom stereocenters. The van der Waals surface area contributed by atoms with E-state index in [0.29, 0.717) is 36.8 Å². The van der Waals surface area contributed by atoms with Gasteiger partial charge in [-0.25, -0.2) is 5.48 Å². The Morgan fingerprint density at radius 3 is 2.74 bits per heavy atom. The molecule has 1 aromatic rings. The lowest BCUT2D eigenvalue weighted by molar-refractivity contribution is -0.134. The highest BCUT2D eigenvalue weighted by molar-refractivity contribution is 6.32. The van der Waals surface area contributed by atoms with Gasteiger partial charge in [0.1, 0.15) is 5.75 Å². The summed E-state index contributed by atoms with van der Waals surface area (Å²) in [6, 6.07) is 5.45. The van der Waals surface area contributed by atoms with E-state index in [9.17, 15) is 4.79 Å². The van der Waals surface area contributed by atoms with Gasteiger partial charge in [0.2, 0.25) is 5.91 Å². The zero-order valence-electron chi connectivity index (χ0n) is 11.1. The summed E-state index contributed by atoms with van der Waals surface area (Å²) >= 11 is 6.00. The number of ether oxygens (including phenoxy) is 2. The van der Waals surface area contributed by atoms with E-state index in [-0.39, 0.29) is 5.91 Å². The van der Waals surface area contributed by atoms with E-state index < -0.39 is 0 Å². The molecule has 1 N–H and O–H groups in total. The molecule has 0 radical (unpaired) electrons. The number of carbonyl (C=O) groups excluding carboxylic acids is 1. The molecule has 1 amide bonds. The van der Waals surface area contributed by atoms with Crippen molar-refractivity contribution in [1.82, 2.24) is 5.48 Å². The van der Waals surface area contributed by atoms with Crippen LogP contribution in [0.15, 0.2) is 18.2 Å². The molecule has 0 aliphatic carbocycles. The molecular formula is C13H18ClNO4.